The van der Waals surface area contributed by atoms with Crippen LogP contribution in [0.2, 0.25) is 0 Å². The van der Waals surface area contributed by atoms with Crippen LogP contribution < -0.4 is 0 Å². The van der Waals surface area contributed by atoms with E-state index in [1.54, 1.807) is 0 Å². The molecule has 2 nitrogen and oxygen atoms in total. The van der Waals surface area contributed by atoms with Crippen molar-refractivity contribution in [2.45, 2.75) is 71.6 Å². The second-order valence-corrected chi connectivity index (χ2v) is 9.52. The molecule has 1 saturated carbocycles. The van der Waals surface area contributed by atoms with E-state index in [4.69, 9.17) is 4.74 Å². The van der Waals surface area contributed by atoms with Crippen LogP contribution in [0.15, 0.2) is 36.4 Å². The van der Waals surface area contributed by atoms with Crippen molar-refractivity contribution < 1.29 is 9.53 Å². The second-order valence-electron chi connectivity index (χ2n) is 9.52. The Hall–Kier alpha value is -1.83. The van der Waals surface area contributed by atoms with Gasteiger partial charge in [0.05, 0.1) is 12.5 Å². The van der Waals surface area contributed by atoms with E-state index in [9.17, 15) is 4.79 Å². The molecule has 3 rings (SSSR count). The Kier molecular flexibility index (Phi) is 5.38. The lowest BCUT2D eigenvalue weighted by molar-refractivity contribution is -0.144. The van der Waals surface area contributed by atoms with E-state index >= 15 is 0 Å². The number of fused-ring (bicyclic) bond motifs is 1. The smallest absolute Gasteiger partial charge is 0.309 e. The first-order valence-corrected chi connectivity index (χ1v) is 10.3. The summed E-state index contributed by atoms with van der Waals surface area (Å²) in [6.07, 6.45) is 9.82. The Balaban J connectivity index is 1.74. The Morgan fingerprint density at radius 3 is 2.48 bits per heavy atom. The number of benzene rings is 1. The van der Waals surface area contributed by atoms with E-state index in [1.807, 2.05) is 6.92 Å². The van der Waals surface area contributed by atoms with Crippen LogP contribution in [0.4, 0.5) is 0 Å². The van der Waals surface area contributed by atoms with Crippen molar-refractivity contribution in [3.63, 3.8) is 0 Å². The van der Waals surface area contributed by atoms with Gasteiger partial charge in [-0.25, -0.2) is 0 Å². The summed E-state index contributed by atoms with van der Waals surface area (Å²) in [5, 5.41) is 0. The van der Waals surface area contributed by atoms with Crippen LogP contribution in [0, 0.1) is 11.8 Å². The molecule has 146 valence electrons. The number of carbonyl (C=O) groups excluding carboxylic acids is 1. The first-order valence-electron chi connectivity index (χ1n) is 10.3. The predicted octanol–water partition coefficient (Wildman–Crippen LogP) is 6.19. The van der Waals surface area contributed by atoms with Gasteiger partial charge >= 0.3 is 5.97 Å². The zero-order chi connectivity index (χ0) is 19.8. The van der Waals surface area contributed by atoms with Crippen LogP contribution in [0.1, 0.15) is 77.5 Å². The summed E-state index contributed by atoms with van der Waals surface area (Å²) >= 11 is 0. The SMILES string of the molecule is CCOC(=O)[C@H]1C[C@@H]1/C=C/C=C(\C)c1ccc2c(c1)C(C)(C)CCC2(C)C. The summed E-state index contributed by atoms with van der Waals surface area (Å²) in [6, 6.07) is 7.00. The highest BCUT2D eigenvalue weighted by molar-refractivity contribution is 5.76. The molecule has 0 bridgehead atoms. The molecule has 2 aliphatic rings. The Morgan fingerprint density at radius 2 is 1.81 bits per heavy atom. The van der Waals surface area contributed by atoms with E-state index < -0.39 is 0 Å². The number of carbonyl (C=O) groups is 1. The van der Waals surface area contributed by atoms with E-state index in [2.05, 4.69) is 71.0 Å². The number of rotatable bonds is 5. The van der Waals surface area contributed by atoms with Crippen LogP contribution in [-0.4, -0.2) is 12.6 Å². The summed E-state index contributed by atoms with van der Waals surface area (Å²) in [7, 11) is 0. The molecule has 2 atom stereocenters. The standard InChI is InChI=1S/C25H34O2/c1-7-27-23(26)20-15-19(20)10-8-9-17(2)18-11-12-21-22(16-18)25(5,6)14-13-24(21,3)4/h8-12,16,19-20H,7,13-15H2,1-6H3/b10-8+,17-9+/t19-,20-/m0/s1. The highest BCUT2D eigenvalue weighted by atomic mass is 16.5. The van der Waals surface area contributed by atoms with Crippen molar-refractivity contribution in [1.82, 2.24) is 0 Å². The summed E-state index contributed by atoms with van der Waals surface area (Å²) in [4.78, 5) is 11.7. The van der Waals surface area contributed by atoms with Crippen molar-refractivity contribution in [2.75, 3.05) is 6.61 Å². The third-order valence-electron chi connectivity index (χ3n) is 6.44. The number of hydrogen-bond donors (Lipinski definition) is 0. The van der Waals surface area contributed by atoms with Gasteiger partial charge < -0.3 is 4.74 Å². The van der Waals surface area contributed by atoms with Gasteiger partial charge in [0, 0.05) is 0 Å². The van der Waals surface area contributed by atoms with Crippen molar-refractivity contribution >= 4 is 11.5 Å². The summed E-state index contributed by atoms with van der Waals surface area (Å²) in [6.45, 7) is 14.0. The maximum absolute atomic E-state index is 11.7. The molecule has 2 aliphatic carbocycles. The fourth-order valence-corrected chi connectivity index (χ4v) is 4.22. The van der Waals surface area contributed by atoms with Crippen LogP contribution in [-0.2, 0) is 20.4 Å². The van der Waals surface area contributed by atoms with E-state index in [0.29, 0.717) is 12.5 Å². The topological polar surface area (TPSA) is 26.3 Å². The number of ether oxygens (including phenoxy) is 1. The molecule has 0 N–H and O–H groups in total. The van der Waals surface area contributed by atoms with Gasteiger partial charge in [0.15, 0.2) is 0 Å². The molecule has 1 fully saturated rings. The average Bonchev–Trinajstić information content (AvgIpc) is 3.39. The van der Waals surface area contributed by atoms with Crippen LogP contribution >= 0.6 is 0 Å². The van der Waals surface area contributed by atoms with Gasteiger partial charge in [-0.05, 0) is 72.1 Å². The molecule has 0 unspecified atom stereocenters. The fourth-order valence-electron chi connectivity index (χ4n) is 4.22. The molecule has 0 spiro atoms. The number of esters is 1. The molecule has 0 saturated heterocycles. The van der Waals surface area contributed by atoms with Crippen LogP contribution in [0.3, 0.4) is 0 Å². The van der Waals surface area contributed by atoms with Crippen LogP contribution in [0.5, 0.6) is 0 Å². The van der Waals surface area contributed by atoms with Crippen molar-refractivity contribution in [1.29, 1.82) is 0 Å². The van der Waals surface area contributed by atoms with Gasteiger partial charge in [0.2, 0.25) is 0 Å². The Bertz CT molecular complexity index is 780. The molecular formula is C25H34O2. The third-order valence-corrected chi connectivity index (χ3v) is 6.44. The van der Waals surface area contributed by atoms with E-state index in [0.717, 1.165) is 6.42 Å². The van der Waals surface area contributed by atoms with Gasteiger partial charge in [0.1, 0.15) is 0 Å². The molecule has 0 aliphatic heterocycles. The quantitative estimate of drug-likeness (QED) is 0.458. The van der Waals surface area contributed by atoms with E-state index in [-0.39, 0.29) is 22.7 Å². The maximum Gasteiger partial charge on any atom is 0.309 e. The molecule has 1 aromatic carbocycles. The van der Waals surface area contributed by atoms with Crippen molar-refractivity contribution in [3.8, 4) is 0 Å². The summed E-state index contributed by atoms with van der Waals surface area (Å²) in [5.74, 6) is 0.366. The monoisotopic (exact) mass is 366 g/mol. The Labute approximate surface area is 164 Å². The molecule has 0 heterocycles. The summed E-state index contributed by atoms with van der Waals surface area (Å²) < 4.78 is 5.09. The van der Waals surface area contributed by atoms with Crippen LogP contribution in [0.25, 0.3) is 5.57 Å². The van der Waals surface area contributed by atoms with Crippen molar-refractivity contribution in [3.05, 3.63) is 53.1 Å². The minimum absolute atomic E-state index is 0.0487. The maximum atomic E-state index is 11.7. The van der Waals surface area contributed by atoms with E-state index in [1.165, 1.54) is 35.1 Å². The van der Waals surface area contributed by atoms with Gasteiger partial charge in [0.25, 0.3) is 0 Å². The second kappa shape index (κ2) is 7.30. The lowest BCUT2D eigenvalue weighted by Crippen LogP contribution is -2.33. The minimum Gasteiger partial charge on any atom is -0.466 e. The predicted molar refractivity (Wildman–Crippen MR) is 113 cm³/mol. The highest BCUT2D eigenvalue weighted by Gasteiger charge is 2.42. The van der Waals surface area contributed by atoms with Crippen molar-refractivity contribution in [2.24, 2.45) is 11.8 Å². The lowest BCUT2D eigenvalue weighted by atomic mass is 9.63. The molecule has 0 radical (unpaired) electrons. The molecule has 1 aromatic rings. The fraction of sp³-hybridized carbons (Fsp3) is 0.560. The van der Waals surface area contributed by atoms with Gasteiger partial charge in [-0.1, -0.05) is 64.1 Å². The van der Waals surface area contributed by atoms with Gasteiger partial charge in [-0.2, -0.15) is 0 Å². The molecule has 0 amide bonds. The average molecular weight is 367 g/mol. The van der Waals surface area contributed by atoms with Gasteiger partial charge in [-0.3, -0.25) is 4.79 Å². The Morgan fingerprint density at radius 1 is 1.15 bits per heavy atom. The van der Waals surface area contributed by atoms with Gasteiger partial charge in [-0.15, -0.1) is 0 Å². The normalized spacial score (nSPS) is 25.9. The molecule has 0 aromatic heterocycles. The molecular weight excluding hydrogens is 332 g/mol. The zero-order valence-electron chi connectivity index (χ0n) is 17.8. The lowest BCUT2D eigenvalue weighted by Gasteiger charge is -2.42. The minimum atomic E-state index is -0.0487. The number of hydrogen-bond acceptors (Lipinski definition) is 2. The molecule has 2 heteroatoms. The first kappa shape index (κ1) is 19.9. The summed E-state index contributed by atoms with van der Waals surface area (Å²) in [5.41, 5.74) is 6.05. The first-order chi connectivity index (χ1) is 12.7. The number of allylic oxidation sites excluding steroid dienone is 4. The zero-order valence-corrected chi connectivity index (χ0v) is 17.8. The molecule has 27 heavy (non-hydrogen) atoms. The largest absolute Gasteiger partial charge is 0.466 e. The third kappa shape index (κ3) is 4.20. The highest BCUT2D eigenvalue weighted by Crippen LogP contribution is 2.46.